The van der Waals surface area contributed by atoms with Crippen LogP contribution in [0.3, 0.4) is 0 Å². The third-order valence-electron chi connectivity index (χ3n) is 3.00. The number of carbonyl (C=O) groups is 1. The van der Waals surface area contributed by atoms with E-state index in [1.165, 1.54) is 12.1 Å². The summed E-state index contributed by atoms with van der Waals surface area (Å²) < 4.78 is 0.964. The molecule has 0 aromatic heterocycles. The maximum Gasteiger partial charge on any atom is 0.185 e. The van der Waals surface area contributed by atoms with Crippen LogP contribution in [0.1, 0.15) is 21.5 Å². The fourth-order valence-electron chi connectivity index (χ4n) is 1.92. The molecule has 0 heterocycles. The third kappa shape index (κ3) is 4.45. The minimum absolute atomic E-state index is 0.106. The number of aryl methyl sites for hydroxylation is 1. The number of ketones is 1. The number of benzene rings is 2. The van der Waals surface area contributed by atoms with Crippen LogP contribution in [-0.4, -0.2) is 16.8 Å². The van der Waals surface area contributed by atoms with Crippen molar-refractivity contribution in [3.8, 4) is 5.75 Å². The van der Waals surface area contributed by atoms with E-state index in [0.717, 1.165) is 10.0 Å². The Bertz CT molecular complexity index is 680. The highest BCUT2D eigenvalue weighted by Crippen LogP contribution is 2.20. The summed E-state index contributed by atoms with van der Waals surface area (Å²) >= 11 is 9.07. The molecule has 4 heteroatoms. The van der Waals surface area contributed by atoms with Gasteiger partial charge in [0.15, 0.2) is 5.78 Å². The Balaban J connectivity index is 2.18. The quantitative estimate of drug-likeness (QED) is 0.468. The van der Waals surface area contributed by atoms with Crippen molar-refractivity contribution in [1.82, 2.24) is 0 Å². The fourth-order valence-corrected chi connectivity index (χ4v) is 2.54. The van der Waals surface area contributed by atoms with Crippen LogP contribution in [0, 0.1) is 0 Å². The van der Waals surface area contributed by atoms with E-state index in [-0.39, 0.29) is 11.5 Å². The Hall–Kier alpha value is -1.58. The number of carbonyl (C=O) groups excluding carboxylic acids is 1. The van der Waals surface area contributed by atoms with Gasteiger partial charge in [0.05, 0.1) is 0 Å². The van der Waals surface area contributed by atoms with E-state index < -0.39 is 0 Å². The van der Waals surface area contributed by atoms with Crippen LogP contribution in [0.4, 0.5) is 0 Å². The molecule has 108 valence electrons. The summed E-state index contributed by atoms with van der Waals surface area (Å²) in [4.78, 5) is 12.2. The van der Waals surface area contributed by atoms with Crippen LogP contribution in [0.15, 0.2) is 53.0 Å². The zero-order valence-electron chi connectivity index (χ0n) is 11.2. The van der Waals surface area contributed by atoms with Crippen molar-refractivity contribution < 1.29 is 9.90 Å². The molecule has 0 saturated carbocycles. The molecule has 2 nitrogen and oxygen atoms in total. The maximum absolute atomic E-state index is 12.2. The summed E-state index contributed by atoms with van der Waals surface area (Å²) in [5.41, 5.74) is 2.17. The summed E-state index contributed by atoms with van der Waals surface area (Å²) in [5, 5.41) is 9.69. The number of alkyl halides is 1. The van der Waals surface area contributed by atoms with Crippen molar-refractivity contribution in [3.63, 3.8) is 0 Å². The number of allylic oxidation sites excluding steroid dienone is 1. The number of hydrogen-bond donors (Lipinski definition) is 1. The highest BCUT2D eigenvalue weighted by Gasteiger charge is 2.07. The molecule has 0 bridgehead atoms. The van der Waals surface area contributed by atoms with Gasteiger partial charge in [-0.1, -0.05) is 34.1 Å². The number of hydrogen-bond acceptors (Lipinski definition) is 2. The molecule has 1 N–H and O–H groups in total. The molecule has 0 spiro atoms. The van der Waals surface area contributed by atoms with Crippen molar-refractivity contribution >= 4 is 39.4 Å². The molecular weight excluding hydrogens is 352 g/mol. The van der Waals surface area contributed by atoms with Gasteiger partial charge in [0, 0.05) is 15.9 Å². The summed E-state index contributed by atoms with van der Waals surface area (Å²) in [7, 11) is 0. The van der Waals surface area contributed by atoms with Crippen LogP contribution in [-0.2, 0) is 6.42 Å². The largest absolute Gasteiger partial charge is 0.508 e. The molecule has 0 unspecified atom stereocenters. The van der Waals surface area contributed by atoms with E-state index >= 15 is 0 Å². The van der Waals surface area contributed by atoms with Crippen molar-refractivity contribution in [3.05, 3.63) is 69.7 Å². The molecule has 2 rings (SSSR count). The standard InChI is InChI=1S/C17H14BrClO2/c18-15-3-1-2-12(10-15)4-6-16(20)13-5-7-17(21)14(11-13)8-9-19/h1-7,10-11,21H,8-9H2. The summed E-state index contributed by atoms with van der Waals surface area (Å²) in [6.45, 7) is 0. The average molecular weight is 366 g/mol. The van der Waals surface area contributed by atoms with E-state index in [4.69, 9.17) is 11.6 Å². The van der Waals surface area contributed by atoms with Gasteiger partial charge >= 0.3 is 0 Å². The molecule has 0 aliphatic carbocycles. The summed E-state index contributed by atoms with van der Waals surface area (Å²) in [6.07, 6.45) is 3.82. The highest BCUT2D eigenvalue weighted by atomic mass is 79.9. The van der Waals surface area contributed by atoms with E-state index in [1.54, 1.807) is 18.2 Å². The van der Waals surface area contributed by atoms with Gasteiger partial charge in [-0.05, 0) is 54.0 Å². The van der Waals surface area contributed by atoms with Crippen LogP contribution in [0.2, 0.25) is 0 Å². The van der Waals surface area contributed by atoms with Crippen molar-refractivity contribution in [2.75, 3.05) is 5.88 Å². The monoisotopic (exact) mass is 364 g/mol. The van der Waals surface area contributed by atoms with Gasteiger partial charge in [0.1, 0.15) is 5.75 Å². The lowest BCUT2D eigenvalue weighted by Crippen LogP contribution is -1.97. The van der Waals surface area contributed by atoms with Crippen LogP contribution in [0.25, 0.3) is 6.08 Å². The highest BCUT2D eigenvalue weighted by molar-refractivity contribution is 9.10. The summed E-state index contributed by atoms with van der Waals surface area (Å²) in [6, 6.07) is 12.5. The molecule has 0 radical (unpaired) electrons. The lowest BCUT2D eigenvalue weighted by molar-refractivity contribution is 0.104. The van der Waals surface area contributed by atoms with Crippen molar-refractivity contribution in [2.45, 2.75) is 6.42 Å². The smallest absolute Gasteiger partial charge is 0.185 e. The van der Waals surface area contributed by atoms with E-state index in [2.05, 4.69) is 15.9 Å². The Morgan fingerprint density at radius 2 is 2.05 bits per heavy atom. The molecule has 0 aliphatic rings. The van der Waals surface area contributed by atoms with E-state index in [0.29, 0.717) is 23.4 Å². The third-order valence-corrected chi connectivity index (χ3v) is 3.69. The number of phenols is 1. The Kier molecular flexibility index (Phi) is 5.59. The van der Waals surface area contributed by atoms with Gasteiger partial charge < -0.3 is 5.11 Å². The molecular formula is C17H14BrClO2. The SMILES string of the molecule is O=C(C=Cc1cccc(Br)c1)c1ccc(O)c(CCCl)c1. The lowest BCUT2D eigenvalue weighted by Gasteiger charge is -2.04. The molecule has 0 amide bonds. The maximum atomic E-state index is 12.2. The Morgan fingerprint density at radius 1 is 1.24 bits per heavy atom. The predicted molar refractivity (Wildman–Crippen MR) is 90.0 cm³/mol. The summed E-state index contributed by atoms with van der Waals surface area (Å²) in [5.74, 6) is 0.466. The zero-order chi connectivity index (χ0) is 15.2. The second-order valence-corrected chi connectivity index (χ2v) is 5.83. The van der Waals surface area contributed by atoms with Gasteiger partial charge in [-0.3, -0.25) is 4.79 Å². The van der Waals surface area contributed by atoms with Crippen LogP contribution in [0.5, 0.6) is 5.75 Å². The van der Waals surface area contributed by atoms with Gasteiger partial charge in [0.2, 0.25) is 0 Å². The van der Waals surface area contributed by atoms with Gasteiger partial charge in [-0.2, -0.15) is 0 Å². The van der Waals surface area contributed by atoms with Crippen molar-refractivity contribution in [1.29, 1.82) is 0 Å². The van der Waals surface area contributed by atoms with Crippen LogP contribution >= 0.6 is 27.5 Å². The minimum atomic E-state index is -0.106. The number of phenolic OH excluding ortho intramolecular Hbond substituents is 1. The normalized spacial score (nSPS) is 11.0. The second kappa shape index (κ2) is 7.43. The number of halogens is 2. The zero-order valence-corrected chi connectivity index (χ0v) is 13.6. The topological polar surface area (TPSA) is 37.3 Å². The number of rotatable bonds is 5. The first kappa shape index (κ1) is 15.8. The first-order valence-electron chi connectivity index (χ1n) is 6.46. The van der Waals surface area contributed by atoms with Crippen molar-refractivity contribution in [2.24, 2.45) is 0 Å². The first-order valence-corrected chi connectivity index (χ1v) is 7.79. The lowest BCUT2D eigenvalue weighted by atomic mass is 10.0. The van der Waals surface area contributed by atoms with Gasteiger partial charge in [-0.15, -0.1) is 11.6 Å². The predicted octanol–water partition coefficient (Wildman–Crippen LogP) is 4.83. The fraction of sp³-hybridized carbons (Fsp3) is 0.118. The molecule has 2 aromatic rings. The van der Waals surface area contributed by atoms with Gasteiger partial charge in [0.25, 0.3) is 0 Å². The average Bonchev–Trinajstić information content (AvgIpc) is 2.47. The molecule has 0 saturated heterocycles. The molecule has 0 atom stereocenters. The van der Waals surface area contributed by atoms with E-state index in [1.807, 2.05) is 24.3 Å². The molecule has 2 aromatic carbocycles. The van der Waals surface area contributed by atoms with E-state index in [9.17, 15) is 9.90 Å². The molecule has 0 fully saturated rings. The Labute approximate surface area is 137 Å². The van der Waals surface area contributed by atoms with Gasteiger partial charge in [-0.25, -0.2) is 0 Å². The molecule has 0 aliphatic heterocycles. The first-order chi connectivity index (χ1) is 10.1. The second-order valence-electron chi connectivity index (χ2n) is 4.54. The number of aromatic hydroxyl groups is 1. The Morgan fingerprint density at radius 3 is 2.76 bits per heavy atom. The molecule has 21 heavy (non-hydrogen) atoms. The van der Waals surface area contributed by atoms with Crippen LogP contribution < -0.4 is 0 Å². The minimum Gasteiger partial charge on any atom is -0.508 e.